The van der Waals surface area contributed by atoms with Gasteiger partial charge in [-0.05, 0) is 42.0 Å². The second-order valence-electron chi connectivity index (χ2n) is 4.18. The van der Waals surface area contributed by atoms with Crippen LogP contribution in [0.4, 0.5) is 10.1 Å². The van der Waals surface area contributed by atoms with E-state index < -0.39 is 0 Å². The number of thioether (sulfide) groups is 1. The quantitative estimate of drug-likeness (QED) is 0.889. The molecule has 0 saturated carbocycles. The molecule has 0 unspecified atom stereocenters. The fourth-order valence-electron chi connectivity index (χ4n) is 1.62. The molecule has 0 saturated heterocycles. The van der Waals surface area contributed by atoms with Crippen LogP contribution in [0.25, 0.3) is 0 Å². The van der Waals surface area contributed by atoms with E-state index in [1.54, 1.807) is 30.3 Å². The van der Waals surface area contributed by atoms with E-state index >= 15 is 0 Å². The van der Waals surface area contributed by atoms with Crippen LogP contribution in [0.3, 0.4) is 0 Å². The lowest BCUT2D eigenvalue weighted by Gasteiger charge is -2.05. The van der Waals surface area contributed by atoms with Gasteiger partial charge in [0.25, 0.3) is 0 Å². The minimum atomic E-state index is -0.256. The number of amides is 1. The first-order valence-electron chi connectivity index (χ1n) is 6.01. The summed E-state index contributed by atoms with van der Waals surface area (Å²) in [5.41, 5.74) is 1.58. The van der Waals surface area contributed by atoms with Crippen LogP contribution in [0.1, 0.15) is 5.56 Å². The number of carbonyl (C=O) groups is 1. The number of halogens is 2. The van der Waals surface area contributed by atoms with E-state index in [0.717, 1.165) is 5.56 Å². The highest BCUT2D eigenvalue weighted by Gasteiger charge is 2.03. The van der Waals surface area contributed by atoms with Gasteiger partial charge in [0.2, 0.25) is 5.91 Å². The van der Waals surface area contributed by atoms with Gasteiger partial charge in [-0.2, -0.15) is 0 Å². The zero-order valence-electron chi connectivity index (χ0n) is 10.6. The van der Waals surface area contributed by atoms with Crippen molar-refractivity contribution in [1.82, 2.24) is 0 Å². The lowest BCUT2D eigenvalue weighted by molar-refractivity contribution is -0.113. The van der Waals surface area contributed by atoms with Crippen molar-refractivity contribution in [3.63, 3.8) is 0 Å². The highest BCUT2D eigenvalue weighted by molar-refractivity contribution is 7.99. The maximum Gasteiger partial charge on any atom is 0.234 e. The molecule has 0 aromatic heterocycles. The third-order valence-corrected chi connectivity index (χ3v) is 3.77. The molecule has 1 N–H and O–H groups in total. The Kier molecular flexibility index (Phi) is 5.44. The first-order valence-corrected chi connectivity index (χ1v) is 7.54. The molecule has 0 radical (unpaired) electrons. The summed E-state index contributed by atoms with van der Waals surface area (Å²) >= 11 is 7.21. The van der Waals surface area contributed by atoms with Crippen molar-refractivity contribution < 1.29 is 9.18 Å². The van der Waals surface area contributed by atoms with Crippen LogP contribution >= 0.6 is 23.4 Å². The van der Waals surface area contributed by atoms with E-state index in [0.29, 0.717) is 22.2 Å². The van der Waals surface area contributed by atoms with Crippen molar-refractivity contribution in [2.75, 3.05) is 11.1 Å². The molecule has 5 heteroatoms. The summed E-state index contributed by atoms with van der Waals surface area (Å²) in [4.78, 5) is 11.7. The third-order valence-electron chi connectivity index (χ3n) is 2.52. The Balaban J connectivity index is 1.76. The van der Waals surface area contributed by atoms with Gasteiger partial charge < -0.3 is 5.32 Å². The fourth-order valence-corrected chi connectivity index (χ4v) is 2.52. The summed E-state index contributed by atoms with van der Waals surface area (Å²) in [5.74, 6) is 0.577. The fraction of sp³-hybridized carbons (Fsp3) is 0.133. The van der Waals surface area contributed by atoms with Crippen LogP contribution in [0.2, 0.25) is 5.02 Å². The molecule has 0 aliphatic rings. The number of anilines is 1. The standard InChI is InChI=1S/C15H13ClFNOS/c16-12-4-6-14(7-5-12)18-15(19)10-20-9-11-2-1-3-13(17)8-11/h1-8H,9-10H2,(H,18,19). The molecule has 2 aromatic rings. The van der Waals surface area contributed by atoms with Crippen molar-refractivity contribution in [2.24, 2.45) is 0 Å². The third kappa shape index (κ3) is 4.87. The number of hydrogen-bond acceptors (Lipinski definition) is 2. The normalized spacial score (nSPS) is 10.3. The number of nitrogens with one attached hydrogen (secondary N) is 1. The number of benzene rings is 2. The molecule has 2 nitrogen and oxygen atoms in total. The van der Waals surface area contributed by atoms with E-state index in [-0.39, 0.29) is 11.7 Å². The van der Waals surface area contributed by atoms with Gasteiger partial charge in [-0.1, -0.05) is 23.7 Å². The summed E-state index contributed by atoms with van der Waals surface area (Å²) in [5, 5.41) is 3.40. The molecule has 20 heavy (non-hydrogen) atoms. The molecule has 0 spiro atoms. The largest absolute Gasteiger partial charge is 0.325 e. The van der Waals surface area contributed by atoms with Gasteiger partial charge in [-0.3, -0.25) is 4.79 Å². The second-order valence-corrected chi connectivity index (χ2v) is 5.60. The van der Waals surface area contributed by atoms with Crippen molar-refractivity contribution in [1.29, 1.82) is 0 Å². The average molecular weight is 310 g/mol. The summed E-state index contributed by atoms with van der Waals surface area (Å²) in [6, 6.07) is 13.3. The minimum Gasteiger partial charge on any atom is -0.325 e. The molecule has 2 aromatic carbocycles. The molecular weight excluding hydrogens is 297 g/mol. The van der Waals surface area contributed by atoms with Gasteiger partial charge in [0.05, 0.1) is 5.75 Å². The summed E-state index contributed by atoms with van der Waals surface area (Å²) in [6.45, 7) is 0. The van der Waals surface area contributed by atoms with Crippen molar-refractivity contribution >= 4 is 35.0 Å². The Morgan fingerprint density at radius 3 is 2.65 bits per heavy atom. The molecule has 2 rings (SSSR count). The minimum absolute atomic E-state index is 0.0891. The SMILES string of the molecule is O=C(CSCc1cccc(F)c1)Nc1ccc(Cl)cc1. The first-order chi connectivity index (χ1) is 9.63. The zero-order valence-corrected chi connectivity index (χ0v) is 12.2. The number of rotatable bonds is 5. The Morgan fingerprint density at radius 1 is 1.20 bits per heavy atom. The Hall–Kier alpha value is -1.52. The van der Waals surface area contributed by atoms with Gasteiger partial charge in [0.15, 0.2) is 0 Å². The molecular formula is C15H13ClFNOS. The average Bonchev–Trinajstić information content (AvgIpc) is 2.41. The maximum atomic E-state index is 13.0. The molecule has 0 fully saturated rings. The van der Waals surface area contributed by atoms with Crippen molar-refractivity contribution in [3.8, 4) is 0 Å². The van der Waals surface area contributed by atoms with Gasteiger partial charge in [0.1, 0.15) is 5.82 Å². The second kappa shape index (κ2) is 7.31. The maximum absolute atomic E-state index is 13.0. The molecule has 0 aliphatic carbocycles. The van der Waals surface area contributed by atoms with E-state index in [4.69, 9.17) is 11.6 Å². The molecule has 0 aliphatic heterocycles. The van der Waals surface area contributed by atoms with Crippen LogP contribution in [0.15, 0.2) is 48.5 Å². The molecule has 0 heterocycles. The van der Waals surface area contributed by atoms with E-state index in [1.807, 2.05) is 6.07 Å². The lowest BCUT2D eigenvalue weighted by atomic mass is 10.2. The predicted octanol–water partition coefficient (Wildman–Crippen LogP) is 4.35. The Labute approximate surface area is 126 Å². The van der Waals surface area contributed by atoms with Crippen LogP contribution in [0, 0.1) is 5.82 Å². The van der Waals surface area contributed by atoms with Crippen LogP contribution in [-0.2, 0) is 10.5 Å². The summed E-state index contributed by atoms with van der Waals surface area (Å²) < 4.78 is 13.0. The van der Waals surface area contributed by atoms with Crippen molar-refractivity contribution in [3.05, 3.63) is 64.9 Å². The van der Waals surface area contributed by atoms with Gasteiger partial charge >= 0.3 is 0 Å². The molecule has 0 atom stereocenters. The van der Waals surface area contributed by atoms with Crippen LogP contribution in [0.5, 0.6) is 0 Å². The van der Waals surface area contributed by atoms with E-state index in [1.165, 1.54) is 23.9 Å². The van der Waals surface area contributed by atoms with Crippen LogP contribution in [-0.4, -0.2) is 11.7 Å². The summed E-state index contributed by atoms with van der Waals surface area (Å²) in [7, 11) is 0. The smallest absolute Gasteiger partial charge is 0.234 e. The molecule has 0 bridgehead atoms. The van der Waals surface area contributed by atoms with Gasteiger partial charge in [-0.15, -0.1) is 11.8 Å². The Bertz CT molecular complexity index is 589. The predicted molar refractivity (Wildman–Crippen MR) is 82.6 cm³/mol. The van der Waals surface area contributed by atoms with Crippen molar-refractivity contribution in [2.45, 2.75) is 5.75 Å². The Morgan fingerprint density at radius 2 is 1.95 bits per heavy atom. The number of hydrogen-bond donors (Lipinski definition) is 1. The monoisotopic (exact) mass is 309 g/mol. The highest BCUT2D eigenvalue weighted by Crippen LogP contribution is 2.16. The van der Waals surface area contributed by atoms with E-state index in [9.17, 15) is 9.18 Å². The first kappa shape index (κ1) is 14.9. The van der Waals surface area contributed by atoms with E-state index in [2.05, 4.69) is 5.32 Å². The molecule has 1 amide bonds. The van der Waals surface area contributed by atoms with Gasteiger partial charge in [0, 0.05) is 16.5 Å². The molecule has 104 valence electrons. The zero-order chi connectivity index (χ0) is 14.4. The highest BCUT2D eigenvalue weighted by atomic mass is 35.5. The van der Waals surface area contributed by atoms with Gasteiger partial charge in [-0.25, -0.2) is 4.39 Å². The topological polar surface area (TPSA) is 29.1 Å². The summed E-state index contributed by atoms with van der Waals surface area (Å²) in [6.07, 6.45) is 0. The van der Waals surface area contributed by atoms with Crippen LogP contribution < -0.4 is 5.32 Å². The lowest BCUT2D eigenvalue weighted by Crippen LogP contribution is -2.14. The number of carbonyl (C=O) groups excluding carboxylic acids is 1.